The summed E-state index contributed by atoms with van der Waals surface area (Å²) in [6.45, 7) is 0.757. The number of amides is 2. The second kappa shape index (κ2) is 6.42. The minimum absolute atomic E-state index is 0.253. The fourth-order valence-electron chi connectivity index (χ4n) is 2.68. The minimum Gasteiger partial charge on any atom is -0.388 e. The van der Waals surface area contributed by atoms with Gasteiger partial charge in [0, 0.05) is 31.9 Å². The molecule has 2 amide bonds. The number of hydrogen-bond acceptors (Lipinski definition) is 3. The zero-order chi connectivity index (χ0) is 16.3. The summed E-state index contributed by atoms with van der Waals surface area (Å²) in [6.07, 6.45) is 6.33. The lowest BCUT2D eigenvalue weighted by Gasteiger charge is -2.36. The summed E-state index contributed by atoms with van der Waals surface area (Å²) in [5.74, 6) is 0. The molecule has 0 atom stereocenters. The average molecular weight is 314 g/mol. The van der Waals surface area contributed by atoms with E-state index in [1.54, 1.807) is 4.68 Å². The van der Waals surface area contributed by atoms with Gasteiger partial charge in [-0.05, 0) is 36.5 Å². The number of rotatable bonds is 5. The lowest BCUT2D eigenvalue weighted by atomic mass is 9.80. The molecule has 1 aromatic carbocycles. The van der Waals surface area contributed by atoms with E-state index in [9.17, 15) is 9.90 Å². The van der Waals surface area contributed by atoms with Gasteiger partial charge in [0.05, 0.1) is 11.8 Å². The number of carbonyl (C=O) groups excluding carboxylic acids is 1. The molecule has 1 fully saturated rings. The van der Waals surface area contributed by atoms with Gasteiger partial charge in [-0.3, -0.25) is 4.68 Å². The van der Waals surface area contributed by atoms with Crippen LogP contribution in [0.4, 0.5) is 4.79 Å². The first-order valence-corrected chi connectivity index (χ1v) is 7.86. The Labute approximate surface area is 135 Å². The Morgan fingerprint density at radius 3 is 2.83 bits per heavy atom. The monoisotopic (exact) mass is 314 g/mol. The summed E-state index contributed by atoms with van der Waals surface area (Å²) >= 11 is 0. The number of nitrogens with zero attached hydrogens (tertiary/aromatic N) is 2. The van der Waals surface area contributed by atoms with Gasteiger partial charge in [-0.2, -0.15) is 5.10 Å². The van der Waals surface area contributed by atoms with Crippen molar-refractivity contribution in [1.82, 2.24) is 20.4 Å². The van der Waals surface area contributed by atoms with E-state index in [1.165, 1.54) is 0 Å². The van der Waals surface area contributed by atoms with Crippen molar-refractivity contribution in [3.05, 3.63) is 42.2 Å². The van der Waals surface area contributed by atoms with Crippen molar-refractivity contribution in [1.29, 1.82) is 0 Å². The molecular weight excluding hydrogens is 292 g/mol. The molecule has 6 heteroatoms. The zero-order valence-corrected chi connectivity index (χ0v) is 13.2. The SMILES string of the molecule is Cn1cc(-c2cccc(CNC(=O)NCC3(O)CCC3)c2)cn1. The highest BCUT2D eigenvalue weighted by atomic mass is 16.3. The molecule has 1 aromatic heterocycles. The summed E-state index contributed by atoms with van der Waals surface area (Å²) < 4.78 is 1.76. The highest BCUT2D eigenvalue weighted by Crippen LogP contribution is 2.30. The van der Waals surface area contributed by atoms with E-state index in [0.717, 1.165) is 36.0 Å². The first kappa shape index (κ1) is 15.6. The largest absolute Gasteiger partial charge is 0.388 e. The Hall–Kier alpha value is -2.34. The second-order valence-corrected chi connectivity index (χ2v) is 6.22. The Bertz CT molecular complexity index is 691. The third-order valence-electron chi connectivity index (χ3n) is 4.28. The molecule has 0 bridgehead atoms. The molecule has 6 nitrogen and oxygen atoms in total. The lowest BCUT2D eigenvalue weighted by Crippen LogP contribution is -2.49. The number of urea groups is 1. The molecule has 0 radical (unpaired) electrons. The summed E-state index contributed by atoms with van der Waals surface area (Å²) in [7, 11) is 1.88. The highest BCUT2D eigenvalue weighted by Gasteiger charge is 2.34. The van der Waals surface area contributed by atoms with E-state index < -0.39 is 5.60 Å². The van der Waals surface area contributed by atoms with Crippen molar-refractivity contribution in [3.63, 3.8) is 0 Å². The maximum atomic E-state index is 11.8. The van der Waals surface area contributed by atoms with Gasteiger partial charge >= 0.3 is 6.03 Å². The van der Waals surface area contributed by atoms with Gasteiger partial charge in [-0.1, -0.05) is 18.2 Å². The molecule has 3 rings (SSSR count). The van der Waals surface area contributed by atoms with Gasteiger partial charge in [-0.25, -0.2) is 4.79 Å². The van der Waals surface area contributed by atoms with Crippen LogP contribution in [0.5, 0.6) is 0 Å². The minimum atomic E-state index is -0.697. The van der Waals surface area contributed by atoms with Crippen LogP contribution in [0.1, 0.15) is 24.8 Å². The predicted molar refractivity (Wildman–Crippen MR) is 87.7 cm³/mol. The summed E-state index contributed by atoms with van der Waals surface area (Å²) in [6, 6.07) is 7.74. The molecule has 0 spiro atoms. The topological polar surface area (TPSA) is 79.2 Å². The van der Waals surface area contributed by atoms with Crippen LogP contribution < -0.4 is 10.6 Å². The molecule has 1 aliphatic carbocycles. The van der Waals surface area contributed by atoms with Gasteiger partial charge in [0.15, 0.2) is 0 Å². The van der Waals surface area contributed by atoms with Gasteiger partial charge in [-0.15, -0.1) is 0 Å². The molecule has 1 aliphatic rings. The first-order chi connectivity index (χ1) is 11.0. The molecular formula is C17H22N4O2. The van der Waals surface area contributed by atoms with Crippen molar-refractivity contribution in [3.8, 4) is 11.1 Å². The number of carbonyl (C=O) groups is 1. The Balaban J connectivity index is 1.53. The third kappa shape index (κ3) is 3.90. The molecule has 3 N–H and O–H groups in total. The van der Waals surface area contributed by atoms with Gasteiger partial charge in [0.2, 0.25) is 0 Å². The van der Waals surface area contributed by atoms with E-state index in [2.05, 4.69) is 15.7 Å². The maximum absolute atomic E-state index is 11.8. The number of aromatic nitrogens is 2. The standard InChI is InChI=1S/C17H22N4O2/c1-21-11-15(10-20-21)14-5-2-4-13(8-14)9-18-16(22)19-12-17(23)6-3-7-17/h2,4-5,8,10-11,23H,3,6-7,9,12H2,1H3,(H2,18,19,22). The predicted octanol–water partition coefficient (Wildman–Crippen LogP) is 1.80. The maximum Gasteiger partial charge on any atom is 0.315 e. The van der Waals surface area contributed by atoms with E-state index >= 15 is 0 Å². The Morgan fingerprint density at radius 1 is 1.35 bits per heavy atom. The van der Waals surface area contributed by atoms with Crippen LogP contribution in [-0.4, -0.2) is 33.1 Å². The van der Waals surface area contributed by atoms with Crippen molar-refractivity contribution >= 4 is 6.03 Å². The molecule has 0 aliphatic heterocycles. The molecule has 122 valence electrons. The fraction of sp³-hybridized carbons (Fsp3) is 0.412. The quantitative estimate of drug-likeness (QED) is 0.787. The number of aryl methyl sites for hydroxylation is 1. The van der Waals surface area contributed by atoms with E-state index in [4.69, 9.17) is 0 Å². The van der Waals surface area contributed by atoms with Crippen molar-refractivity contribution in [2.75, 3.05) is 6.54 Å². The van der Waals surface area contributed by atoms with E-state index in [-0.39, 0.29) is 6.03 Å². The fourth-order valence-corrected chi connectivity index (χ4v) is 2.68. The van der Waals surface area contributed by atoms with Gasteiger partial charge < -0.3 is 15.7 Å². The smallest absolute Gasteiger partial charge is 0.315 e. The van der Waals surface area contributed by atoms with Crippen LogP contribution in [0, 0.1) is 0 Å². The molecule has 23 heavy (non-hydrogen) atoms. The van der Waals surface area contributed by atoms with Crippen LogP contribution in [0.2, 0.25) is 0 Å². The van der Waals surface area contributed by atoms with Crippen molar-refractivity contribution < 1.29 is 9.90 Å². The van der Waals surface area contributed by atoms with Gasteiger partial charge in [0.1, 0.15) is 0 Å². The molecule has 1 heterocycles. The normalized spacial score (nSPS) is 15.7. The second-order valence-electron chi connectivity index (χ2n) is 6.22. The van der Waals surface area contributed by atoms with Crippen LogP contribution in [0.25, 0.3) is 11.1 Å². The summed E-state index contributed by atoms with van der Waals surface area (Å²) in [4.78, 5) is 11.8. The average Bonchev–Trinajstić information content (AvgIpc) is 2.96. The zero-order valence-electron chi connectivity index (χ0n) is 13.2. The highest BCUT2D eigenvalue weighted by molar-refractivity contribution is 5.74. The molecule has 1 saturated carbocycles. The van der Waals surface area contributed by atoms with Crippen LogP contribution in [0.3, 0.4) is 0 Å². The summed E-state index contributed by atoms with van der Waals surface area (Å²) in [5, 5.41) is 19.7. The number of hydrogen-bond donors (Lipinski definition) is 3. The molecule has 0 saturated heterocycles. The molecule has 2 aromatic rings. The van der Waals surface area contributed by atoms with Crippen LogP contribution >= 0.6 is 0 Å². The van der Waals surface area contributed by atoms with Crippen molar-refractivity contribution in [2.24, 2.45) is 7.05 Å². The number of benzene rings is 1. The lowest BCUT2D eigenvalue weighted by molar-refractivity contribution is -0.0290. The van der Waals surface area contributed by atoms with Crippen molar-refractivity contribution in [2.45, 2.75) is 31.4 Å². The first-order valence-electron chi connectivity index (χ1n) is 7.86. The molecule has 0 unspecified atom stereocenters. The van der Waals surface area contributed by atoms with E-state index in [1.807, 2.05) is 43.7 Å². The Morgan fingerprint density at radius 2 is 2.17 bits per heavy atom. The number of aliphatic hydroxyl groups is 1. The van der Waals surface area contributed by atoms with E-state index in [0.29, 0.717) is 13.1 Å². The van der Waals surface area contributed by atoms with Gasteiger partial charge in [0.25, 0.3) is 0 Å². The summed E-state index contributed by atoms with van der Waals surface area (Å²) in [5.41, 5.74) is 2.44. The van der Waals surface area contributed by atoms with Crippen LogP contribution in [-0.2, 0) is 13.6 Å². The Kier molecular flexibility index (Phi) is 4.34. The van der Waals surface area contributed by atoms with Crippen LogP contribution in [0.15, 0.2) is 36.7 Å². The third-order valence-corrected chi connectivity index (χ3v) is 4.28. The number of nitrogens with one attached hydrogen (secondary N) is 2.